The number of fused-ring (bicyclic) bond motifs is 2. The van der Waals surface area contributed by atoms with Crippen LogP contribution in [0.25, 0.3) is 11.1 Å². The van der Waals surface area contributed by atoms with Crippen LogP contribution in [0.3, 0.4) is 0 Å². The topological polar surface area (TPSA) is 154 Å². The van der Waals surface area contributed by atoms with Crippen LogP contribution in [0.4, 0.5) is 26.1 Å². The molecule has 3 aromatic heterocycles. The Morgan fingerprint density at radius 2 is 1.75 bits per heavy atom. The van der Waals surface area contributed by atoms with Crippen LogP contribution in [0, 0.1) is 11.3 Å². The number of alkyl halides is 2. The van der Waals surface area contributed by atoms with Gasteiger partial charge in [-0.1, -0.05) is 11.6 Å². The molecule has 0 unspecified atom stereocenters. The van der Waals surface area contributed by atoms with Crippen molar-refractivity contribution in [1.29, 1.82) is 5.26 Å². The number of benzene rings is 2. The minimum absolute atomic E-state index is 0.00840. The van der Waals surface area contributed by atoms with Crippen LogP contribution in [-0.4, -0.2) is 109 Å². The molecular weight excluding hydrogens is 890 g/mol. The molecular formula is C50H57ClF2N12O3. The number of ether oxygens (including phenoxy) is 1. The fourth-order valence-electron chi connectivity index (χ4n) is 11.1. The van der Waals surface area contributed by atoms with Crippen molar-refractivity contribution < 1.29 is 23.1 Å². The van der Waals surface area contributed by atoms with Crippen LogP contribution in [0.15, 0.2) is 54.9 Å². The zero-order valence-electron chi connectivity index (χ0n) is 38.6. The molecule has 2 amide bonds. The van der Waals surface area contributed by atoms with Crippen molar-refractivity contribution in [3.05, 3.63) is 93.5 Å². The molecule has 1 saturated carbocycles. The Hall–Kier alpha value is -6.12. The predicted octanol–water partition coefficient (Wildman–Crippen LogP) is 7.95. The lowest BCUT2D eigenvalue weighted by molar-refractivity contribution is -0.129. The zero-order valence-corrected chi connectivity index (χ0v) is 39.3. The number of likely N-dealkylation sites (tertiary alicyclic amines) is 1. The van der Waals surface area contributed by atoms with Crippen molar-refractivity contribution in [2.75, 3.05) is 49.1 Å². The Labute approximate surface area is 400 Å². The first kappa shape index (κ1) is 45.7. The number of nitriles is 1. The molecule has 1 aliphatic carbocycles. The summed E-state index contributed by atoms with van der Waals surface area (Å²) in [4.78, 5) is 34.8. The van der Waals surface area contributed by atoms with Gasteiger partial charge in [0.1, 0.15) is 11.8 Å². The highest BCUT2D eigenvalue weighted by atomic mass is 35.5. The predicted molar refractivity (Wildman–Crippen MR) is 253 cm³/mol. The highest BCUT2D eigenvalue weighted by Crippen LogP contribution is 2.44. The highest BCUT2D eigenvalue weighted by Gasteiger charge is 2.36. The van der Waals surface area contributed by atoms with Gasteiger partial charge >= 0.3 is 0 Å². The number of carbonyl (C=O) groups is 2. The Balaban J connectivity index is 0.772. The number of nitrogens with one attached hydrogen (secondary N) is 1. The number of aromatic nitrogens is 6. The minimum Gasteiger partial charge on any atom is -0.490 e. The summed E-state index contributed by atoms with van der Waals surface area (Å²) < 4.78 is 39.6. The smallest absolute Gasteiger partial charge is 0.272 e. The van der Waals surface area contributed by atoms with E-state index in [4.69, 9.17) is 26.7 Å². The maximum absolute atomic E-state index is 14.8. The fraction of sp³-hybridized carbons (Fsp3) is 0.500. The lowest BCUT2D eigenvalue weighted by Crippen LogP contribution is -2.51. The molecule has 2 aromatic carbocycles. The molecule has 7 heterocycles. The van der Waals surface area contributed by atoms with E-state index >= 15 is 0 Å². The molecule has 3 fully saturated rings. The third kappa shape index (κ3) is 9.37. The van der Waals surface area contributed by atoms with Gasteiger partial charge in [-0.15, -0.1) is 10.2 Å². The van der Waals surface area contributed by atoms with Gasteiger partial charge in [0.25, 0.3) is 12.3 Å². The van der Waals surface area contributed by atoms with E-state index in [2.05, 4.69) is 46.1 Å². The number of hydrogen-bond donors (Lipinski definition) is 1. The largest absolute Gasteiger partial charge is 0.490 e. The van der Waals surface area contributed by atoms with Crippen molar-refractivity contribution in [2.24, 2.45) is 7.05 Å². The molecule has 15 nitrogen and oxygen atoms in total. The summed E-state index contributed by atoms with van der Waals surface area (Å²) in [5, 5.41) is 31.2. The molecule has 0 radical (unpaired) electrons. The van der Waals surface area contributed by atoms with Crippen LogP contribution in [-0.2, 0) is 31.2 Å². The van der Waals surface area contributed by atoms with Gasteiger partial charge in [0.2, 0.25) is 5.91 Å². The molecule has 2 saturated heterocycles. The molecule has 1 atom stereocenters. The first-order valence-corrected chi connectivity index (χ1v) is 24.4. The second kappa shape index (κ2) is 19.5. The number of anilines is 3. The maximum Gasteiger partial charge on any atom is 0.272 e. The van der Waals surface area contributed by atoms with E-state index < -0.39 is 6.43 Å². The van der Waals surface area contributed by atoms with Gasteiger partial charge in [-0.2, -0.15) is 15.5 Å². The van der Waals surface area contributed by atoms with Gasteiger partial charge in [-0.3, -0.25) is 23.9 Å². The van der Waals surface area contributed by atoms with E-state index in [0.717, 1.165) is 125 Å². The summed E-state index contributed by atoms with van der Waals surface area (Å²) in [5.74, 6) is 1.97. The van der Waals surface area contributed by atoms with Crippen LogP contribution in [0.1, 0.15) is 116 Å². The minimum atomic E-state index is -2.67. The van der Waals surface area contributed by atoms with Crippen molar-refractivity contribution in [3.63, 3.8) is 0 Å². The number of halogens is 3. The van der Waals surface area contributed by atoms with E-state index in [1.54, 1.807) is 61.4 Å². The number of nitrogens with zero attached hydrogens (tertiary/aromatic N) is 11. The molecule has 0 bridgehead atoms. The average molecular weight is 948 g/mol. The zero-order chi connectivity index (χ0) is 47.1. The number of aryl methyl sites for hydroxylation is 2. The van der Waals surface area contributed by atoms with E-state index in [1.165, 1.54) is 0 Å². The number of amides is 2. The maximum atomic E-state index is 14.8. The van der Waals surface area contributed by atoms with Crippen molar-refractivity contribution in [2.45, 2.75) is 115 Å². The molecule has 0 spiro atoms. The lowest BCUT2D eigenvalue weighted by atomic mass is 9.92. The van der Waals surface area contributed by atoms with Crippen molar-refractivity contribution >= 4 is 40.7 Å². The first-order valence-electron chi connectivity index (χ1n) is 24.1. The summed E-state index contributed by atoms with van der Waals surface area (Å²) in [5.41, 5.74) is 5.81. The molecule has 68 heavy (non-hydrogen) atoms. The summed E-state index contributed by atoms with van der Waals surface area (Å²) in [6, 6.07) is 14.9. The second-order valence-electron chi connectivity index (χ2n) is 19.0. The second-order valence-corrected chi connectivity index (χ2v) is 19.4. The van der Waals surface area contributed by atoms with Crippen molar-refractivity contribution in [3.8, 4) is 22.9 Å². The van der Waals surface area contributed by atoms with Gasteiger partial charge in [0.15, 0.2) is 17.3 Å². The molecule has 18 heteroatoms. The number of piperidine rings is 2. The first-order chi connectivity index (χ1) is 33.0. The van der Waals surface area contributed by atoms with E-state index in [0.29, 0.717) is 65.3 Å². The van der Waals surface area contributed by atoms with E-state index in [-0.39, 0.29) is 35.6 Å². The molecule has 5 aliphatic rings. The lowest BCUT2D eigenvalue weighted by Gasteiger charge is -2.43. The standard InChI is InChI=1S/C50H57ClF2N12O3/c1-31(66)62-22-17-45-42(30-62)49(64-19-3-5-32-23-40(34-27-55-60(2)28-34)41(48(52)53)25-46(32)64)59-65(45)36-15-20-61(21-16-36)37-6-4-18-63(29-37)47-14-13-44(57-58-47)50(67)56-35-8-11-38(12-9-35)68-39-10-7-33(26-54)43(51)24-39/h7,10,13-14,23-25,27-28,35-38,48H,3-6,8-9,11-12,15-22,29-30H2,1-2H3,(H,56,67)/t35?,37-,38?/m0/s1. The van der Waals surface area contributed by atoms with Crippen LogP contribution >= 0.6 is 11.6 Å². The van der Waals surface area contributed by atoms with Gasteiger partial charge < -0.3 is 24.8 Å². The Morgan fingerprint density at radius 1 is 0.926 bits per heavy atom. The average Bonchev–Trinajstić information content (AvgIpc) is 3.97. The van der Waals surface area contributed by atoms with Crippen LogP contribution < -0.4 is 19.9 Å². The quantitative estimate of drug-likeness (QED) is 0.145. The Bertz CT molecular complexity index is 2700. The van der Waals surface area contributed by atoms with Crippen LogP contribution in [0.5, 0.6) is 5.75 Å². The van der Waals surface area contributed by atoms with Crippen LogP contribution in [0.2, 0.25) is 5.02 Å². The SMILES string of the molecule is CC(=O)N1CCc2c(c(N3CCCc4cc(-c5cnn(C)c5)c(C(F)F)cc43)nn2C2CCN([C@H]3CCCN(c4ccc(C(=O)NC5CCC(Oc6ccc(C#N)c(Cl)c6)CC5)nn4)C3)CC2)C1. The third-order valence-electron chi connectivity index (χ3n) is 14.7. The summed E-state index contributed by atoms with van der Waals surface area (Å²) in [7, 11) is 1.79. The van der Waals surface area contributed by atoms with Crippen molar-refractivity contribution in [1.82, 2.24) is 44.9 Å². The number of hydrogen-bond acceptors (Lipinski definition) is 11. The monoisotopic (exact) mass is 946 g/mol. The summed E-state index contributed by atoms with van der Waals surface area (Å²) in [6.45, 7) is 6.85. The van der Waals surface area contributed by atoms with E-state index in [9.17, 15) is 18.4 Å². The van der Waals surface area contributed by atoms with Gasteiger partial charge in [-0.25, -0.2) is 8.78 Å². The molecule has 356 valence electrons. The van der Waals surface area contributed by atoms with Gasteiger partial charge in [0.05, 0.1) is 35.5 Å². The molecule has 4 aliphatic heterocycles. The summed E-state index contributed by atoms with van der Waals surface area (Å²) >= 11 is 6.18. The molecule has 1 N–H and O–H groups in total. The third-order valence-corrected chi connectivity index (χ3v) is 15.0. The Morgan fingerprint density at radius 3 is 2.46 bits per heavy atom. The Kier molecular flexibility index (Phi) is 13.1. The summed E-state index contributed by atoms with van der Waals surface area (Å²) in [6.07, 6.45) is 10.2. The van der Waals surface area contributed by atoms with E-state index in [1.807, 2.05) is 17.0 Å². The fourth-order valence-corrected chi connectivity index (χ4v) is 11.3. The highest BCUT2D eigenvalue weighted by molar-refractivity contribution is 6.31. The normalized spacial score (nSPS) is 21.3. The number of rotatable bonds is 10. The van der Waals surface area contributed by atoms with Gasteiger partial charge in [-0.05, 0) is 112 Å². The molecule has 10 rings (SSSR count). The van der Waals surface area contributed by atoms with Gasteiger partial charge in [0, 0.05) is 112 Å². The number of carbonyl (C=O) groups excluding carboxylic acids is 2. The molecule has 5 aromatic rings.